The summed E-state index contributed by atoms with van der Waals surface area (Å²) in [7, 11) is 0. The van der Waals surface area contributed by atoms with Crippen LogP contribution in [-0.2, 0) is 0 Å². The lowest BCUT2D eigenvalue weighted by atomic mass is 10.6. The van der Waals surface area contributed by atoms with Crippen LogP contribution >= 0.6 is 0 Å². The molecule has 0 spiro atoms. The number of hydrogen-bond acceptors (Lipinski definition) is 4. The van der Waals surface area contributed by atoms with Gasteiger partial charge >= 0.3 is 0 Å². The van der Waals surface area contributed by atoms with E-state index in [9.17, 15) is 0 Å². The Kier molecular flexibility index (Phi) is 1.00. The molecular weight excluding hydrogens is 132 g/mol. The van der Waals surface area contributed by atoms with Gasteiger partial charge in [-0.1, -0.05) is 10.4 Å². The molecule has 0 amide bonds. The zero-order chi connectivity index (χ0) is 6.81. The molecule has 0 saturated carbocycles. The second-order valence-electron chi connectivity index (χ2n) is 1.71. The molecule has 0 aromatic carbocycles. The standard InChI is InChI=1S/C5H4N4O/c1-4-10-7-5(1)9-3-2-6-8-9/h1-4H. The summed E-state index contributed by atoms with van der Waals surface area (Å²) in [5.74, 6) is 0.637. The third-order valence-electron chi connectivity index (χ3n) is 1.08. The van der Waals surface area contributed by atoms with Gasteiger partial charge in [-0.2, -0.15) is 4.68 Å². The first-order valence-corrected chi connectivity index (χ1v) is 2.74. The van der Waals surface area contributed by atoms with E-state index in [1.165, 1.54) is 10.9 Å². The van der Waals surface area contributed by atoms with Crippen LogP contribution in [0.5, 0.6) is 0 Å². The van der Waals surface area contributed by atoms with Gasteiger partial charge in [0.25, 0.3) is 0 Å². The molecular formula is C5H4N4O. The van der Waals surface area contributed by atoms with E-state index in [0.29, 0.717) is 5.82 Å². The highest BCUT2D eigenvalue weighted by Crippen LogP contribution is 1.98. The van der Waals surface area contributed by atoms with Gasteiger partial charge in [-0.15, -0.1) is 5.10 Å². The molecule has 0 radical (unpaired) electrons. The van der Waals surface area contributed by atoms with Crippen LogP contribution in [0, 0.1) is 0 Å². The van der Waals surface area contributed by atoms with E-state index < -0.39 is 0 Å². The van der Waals surface area contributed by atoms with Gasteiger partial charge in [0.1, 0.15) is 6.26 Å². The molecule has 5 heteroatoms. The molecule has 0 unspecified atom stereocenters. The van der Waals surface area contributed by atoms with E-state index in [0.717, 1.165) is 0 Å². The Morgan fingerprint density at radius 2 is 2.50 bits per heavy atom. The molecule has 2 heterocycles. The third-order valence-corrected chi connectivity index (χ3v) is 1.08. The van der Waals surface area contributed by atoms with Crippen LogP contribution in [0.25, 0.3) is 5.82 Å². The normalized spacial score (nSPS) is 10.0. The maximum atomic E-state index is 4.60. The van der Waals surface area contributed by atoms with Crippen LogP contribution in [0.1, 0.15) is 0 Å². The minimum Gasteiger partial charge on any atom is -0.363 e. The molecule has 5 nitrogen and oxygen atoms in total. The molecule has 0 fully saturated rings. The lowest BCUT2D eigenvalue weighted by Crippen LogP contribution is -1.93. The van der Waals surface area contributed by atoms with E-state index >= 15 is 0 Å². The van der Waals surface area contributed by atoms with Crippen molar-refractivity contribution in [3.8, 4) is 5.82 Å². The van der Waals surface area contributed by atoms with Gasteiger partial charge in [0.15, 0.2) is 5.82 Å². The smallest absolute Gasteiger partial charge is 0.197 e. The average molecular weight is 136 g/mol. The van der Waals surface area contributed by atoms with Crippen molar-refractivity contribution in [1.29, 1.82) is 0 Å². The number of aromatic nitrogens is 4. The Bertz CT molecular complexity index is 253. The highest BCUT2D eigenvalue weighted by atomic mass is 16.5. The molecule has 0 aliphatic heterocycles. The fourth-order valence-electron chi connectivity index (χ4n) is 0.655. The largest absolute Gasteiger partial charge is 0.363 e. The zero-order valence-corrected chi connectivity index (χ0v) is 5.01. The average Bonchev–Trinajstić information content (AvgIpc) is 2.59. The summed E-state index contributed by atoms with van der Waals surface area (Å²) in [5, 5.41) is 11.0. The fourth-order valence-corrected chi connectivity index (χ4v) is 0.655. The Morgan fingerprint density at radius 1 is 1.50 bits per heavy atom. The second-order valence-corrected chi connectivity index (χ2v) is 1.71. The first kappa shape index (κ1) is 5.16. The lowest BCUT2D eigenvalue weighted by Gasteiger charge is -1.86. The second kappa shape index (κ2) is 1.94. The minimum absolute atomic E-state index is 0.637. The molecule has 0 saturated heterocycles. The quantitative estimate of drug-likeness (QED) is 0.564. The lowest BCUT2D eigenvalue weighted by molar-refractivity contribution is 0.414. The number of hydrogen-bond donors (Lipinski definition) is 0. The van der Waals surface area contributed by atoms with Gasteiger partial charge in [0.2, 0.25) is 0 Å². The maximum absolute atomic E-state index is 4.60. The first-order valence-electron chi connectivity index (χ1n) is 2.74. The molecule has 2 aromatic rings. The van der Waals surface area contributed by atoms with E-state index in [2.05, 4.69) is 20.0 Å². The Balaban J connectivity index is 2.48. The summed E-state index contributed by atoms with van der Waals surface area (Å²) in [4.78, 5) is 0. The van der Waals surface area contributed by atoms with Crippen molar-refractivity contribution in [2.75, 3.05) is 0 Å². The Labute approximate surface area is 56.2 Å². The monoisotopic (exact) mass is 136 g/mol. The molecule has 0 aliphatic carbocycles. The van der Waals surface area contributed by atoms with E-state index in [1.807, 2.05) is 0 Å². The van der Waals surface area contributed by atoms with Crippen LogP contribution in [0.2, 0.25) is 0 Å². The number of nitrogens with zero attached hydrogens (tertiary/aromatic N) is 4. The van der Waals surface area contributed by atoms with Gasteiger partial charge in [-0.3, -0.25) is 0 Å². The van der Waals surface area contributed by atoms with Crippen LogP contribution in [0.4, 0.5) is 0 Å². The predicted octanol–water partition coefficient (Wildman–Crippen LogP) is 0.255. The van der Waals surface area contributed by atoms with Crippen molar-refractivity contribution in [2.45, 2.75) is 0 Å². The van der Waals surface area contributed by atoms with Crippen molar-refractivity contribution in [3.05, 3.63) is 24.7 Å². The molecule has 0 bridgehead atoms. The van der Waals surface area contributed by atoms with Crippen molar-refractivity contribution in [3.63, 3.8) is 0 Å². The van der Waals surface area contributed by atoms with Gasteiger partial charge in [0, 0.05) is 6.07 Å². The van der Waals surface area contributed by atoms with E-state index in [4.69, 9.17) is 0 Å². The molecule has 0 atom stereocenters. The van der Waals surface area contributed by atoms with Crippen molar-refractivity contribution >= 4 is 0 Å². The summed E-state index contributed by atoms with van der Waals surface area (Å²) in [6.45, 7) is 0. The highest BCUT2D eigenvalue weighted by molar-refractivity contribution is 5.14. The summed E-state index contributed by atoms with van der Waals surface area (Å²) in [6.07, 6.45) is 4.75. The van der Waals surface area contributed by atoms with Crippen LogP contribution in [-0.4, -0.2) is 20.2 Å². The molecule has 2 aromatic heterocycles. The summed E-state index contributed by atoms with van der Waals surface area (Å²) in [5.41, 5.74) is 0. The Morgan fingerprint density at radius 3 is 3.10 bits per heavy atom. The van der Waals surface area contributed by atoms with Gasteiger partial charge < -0.3 is 4.52 Å². The summed E-state index contributed by atoms with van der Waals surface area (Å²) in [6, 6.07) is 1.70. The van der Waals surface area contributed by atoms with Gasteiger partial charge in [-0.05, 0) is 0 Å². The number of rotatable bonds is 1. The fraction of sp³-hybridized carbons (Fsp3) is 0. The molecule has 50 valence electrons. The maximum Gasteiger partial charge on any atom is 0.197 e. The molecule has 0 aliphatic rings. The van der Waals surface area contributed by atoms with E-state index in [1.54, 1.807) is 18.5 Å². The van der Waals surface area contributed by atoms with Crippen LogP contribution < -0.4 is 0 Å². The zero-order valence-electron chi connectivity index (χ0n) is 5.01. The van der Waals surface area contributed by atoms with Crippen LogP contribution in [0.15, 0.2) is 29.2 Å². The summed E-state index contributed by atoms with van der Waals surface area (Å²) >= 11 is 0. The van der Waals surface area contributed by atoms with Crippen molar-refractivity contribution in [2.24, 2.45) is 0 Å². The van der Waals surface area contributed by atoms with Gasteiger partial charge in [-0.25, -0.2) is 0 Å². The van der Waals surface area contributed by atoms with Gasteiger partial charge in [0.05, 0.1) is 12.4 Å². The molecule has 10 heavy (non-hydrogen) atoms. The summed E-state index contributed by atoms with van der Waals surface area (Å²) < 4.78 is 6.12. The van der Waals surface area contributed by atoms with Crippen molar-refractivity contribution in [1.82, 2.24) is 20.2 Å². The van der Waals surface area contributed by atoms with E-state index in [-0.39, 0.29) is 0 Å². The predicted molar refractivity (Wildman–Crippen MR) is 31.4 cm³/mol. The van der Waals surface area contributed by atoms with Crippen molar-refractivity contribution < 1.29 is 4.52 Å². The minimum atomic E-state index is 0.637. The Hall–Kier alpha value is -1.65. The molecule has 2 rings (SSSR count). The third kappa shape index (κ3) is 0.680. The first-order chi connectivity index (χ1) is 4.97. The molecule has 0 N–H and O–H groups in total. The topological polar surface area (TPSA) is 56.7 Å². The highest BCUT2D eigenvalue weighted by Gasteiger charge is 1.96. The van der Waals surface area contributed by atoms with Crippen LogP contribution in [0.3, 0.4) is 0 Å². The SMILES string of the molecule is c1cn(-c2ccon2)nn1.